The quantitative estimate of drug-likeness (QED) is 0.0218. The number of nitrogens with zero attached hydrogens (tertiary/aromatic N) is 15. The lowest BCUT2D eigenvalue weighted by atomic mass is 10.1. The lowest BCUT2D eigenvalue weighted by Gasteiger charge is -2.10. The largest absolute Gasteiger partial charge is 0.497 e. The van der Waals surface area contributed by atoms with Gasteiger partial charge in [0.2, 0.25) is 29.7 Å². The van der Waals surface area contributed by atoms with Crippen molar-refractivity contribution in [3.8, 4) is 74.2 Å². The standard InChI is InChI=1S/C22H19Cl2N5O2.C21H17Cl2N5O.C20H14BrCl2N5.C20H14Cl3N5.C20H14Cl2FN5/c1-30-14-8-13(9-15(10-14)31-2)27-22-25-7-6-19(29-22)20-12-26-21(28-20)11-16-17(23)4-3-5-18(16)24;1-29-14-5-2-4-13(10-14)26-21-24-9-8-18(28-21)19-12-25-20(27-19)11-15-16(22)6-3-7-17(15)23;21-12-3-1-4-13(9-12)26-20-24-8-7-17(28-20)18-11-25-19(27-18)10-14-15(22)5-2-6-16(14)23;21-12-4-6-13(7-5-12)26-20-24-9-8-17(28-20)18-11-25-19(27-18)10-14-15(22)2-1-3-16(14)23;21-15-2-1-3-16(22)14(15)10-19-25-11-18(27-19)17-8-9-24-20(28-17)26-13-6-4-12(23)5-7-13/h3-10,12H,11H2,1-2H3,(H,26,28)(H,25,27,29);2-10,12H,11H2,1H3,(H,25,27)(H,24,26,28);3*1-9,11H,10H2,(H,25,27)(H,24,26,28). The van der Waals surface area contributed by atoms with Crippen molar-refractivity contribution in [1.82, 2.24) is 99.7 Å². The van der Waals surface area contributed by atoms with Gasteiger partial charge in [-0.2, -0.15) is 0 Å². The van der Waals surface area contributed by atoms with Crippen LogP contribution in [0.1, 0.15) is 56.9 Å². The Kier molecular flexibility index (Phi) is 35.3. The molecule has 20 rings (SSSR count). The van der Waals surface area contributed by atoms with Crippen LogP contribution in [0.3, 0.4) is 0 Å². The summed E-state index contributed by atoms with van der Waals surface area (Å²) in [7, 11) is 4.82. The first-order chi connectivity index (χ1) is 69.9. The molecule has 0 fully saturated rings. The Hall–Kier alpha value is -14.4. The Labute approximate surface area is 887 Å². The SMILES string of the molecule is COc1cc(Nc2nccc(-c3cnc(Cc4c(Cl)cccc4Cl)[nH]3)n2)cc(OC)c1.COc1cccc(Nc2nccc(-c3cnc(Cc4c(Cl)cccc4Cl)[nH]3)n2)c1.Clc1ccc(Nc2nccc(-c3cnc(Cc4c(Cl)cccc4Cl)[nH]3)n2)cc1.Clc1cccc(Cl)c1Cc1ncc(-c2ccnc(Nc3cccc(Br)c3)n2)[nH]1.Fc1ccc(Nc2nccc(-c3cnc(Cc4c(Cl)cccc4Cl)[nH]3)n2)cc1. The van der Waals surface area contributed by atoms with Crippen LogP contribution in [0, 0.1) is 5.82 Å². The summed E-state index contributed by atoms with van der Waals surface area (Å²) in [5.41, 5.74) is 15.5. The van der Waals surface area contributed by atoms with Crippen LogP contribution in [0.2, 0.25) is 55.2 Å². The molecule has 0 spiro atoms. The monoisotopic (exact) mass is 2200 g/mol. The minimum atomic E-state index is -0.302. The summed E-state index contributed by atoms with van der Waals surface area (Å²) in [5, 5.41) is 22.5. The second-order valence-corrected chi connectivity index (χ2v) is 36.3. The number of nitrogens with one attached hydrogen (secondary N) is 10. The zero-order valence-corrected chi connectivity index (χ0v) is 85.6. The van der Waals surface area contributed by atoms with Gasteiger partial charge in [-0.3, -0.25) is 0 Å². The minimum Gasteiger partial charge on any atom is -0.497 e. The van der Waals surface area contributed by atoms with E-state index in [1.165, 1.54) is 12.1 Å². The highest BCUT2D eigenvalue weighted by Crippen LogP contribution is 2.37. The first-order valence-corrected chi connectivity index (χ1v) is 48.4. The van der Waals surface area contributed by atoms with E-state index < -0.39 is 0 Å². The Balaban J connectivity index is 0.000000129. The van der Waals surface area contributed by atoms with E-state index in [4.69, 9.17) is 142 Å². The van der Waals surface area contributed by atoms with Gasteiger partial charge in [0.15, 0.2) is 0 Å². The number of rotatable bonds is 28. The van der Waals surface area contributed by atoms with E-state index in [2.05, 4.69) is 142 Å². The van der Waals surface area contributed by atoms with Crippen molar-refractivity contribution < 1.29 is 18.6 Å². The van der Waals surface area contributed by atoms with E-state index in [0.717, 1.165) is 135 Å². The number of aromatic nitrogens is 20. The third-order valence-electron chi connectivity index (χ3n) is 21.0. The molecule has 10 aromatic carbocycles. The highest BCUT2D eigenvalue weighted by molar-refractivity contribution is 9.10. The summed E-state index contributed by atoms with van der Waals surface area (Å²) in [4.78, 5) is 82.5. The summed E-state index contributed by atoms with van der Waals surface area (Å²) >= 11 is 71.9. The number of benzene rings is 10. The van der Waals surface area contributed by atoms with Gasteiger partial charge in [-0.15, -0.1) is 0 Å². The number of H-pyrrole nitrogens is 5. The highest BCUT2D eigenvalue weighted by Gasteiger charge is 2.20. The van der Waals surface area contributed by atoms with Crippen LogP contribution in [0.5, 0.6) is 17.2 Å². The molecular weight excluding hydrogens is 2120 g/mol. The molecule has 0 aliphatic heterocycles. The molecule has 10 N–H and O–H groups in total. The zero-order valence-electron chi connectivity index (χ0n) is 75.7. The average Bonchev–Trinajstić information content (AvgIpc) is 1.60. The van der Waals surface area contributed by atoms with Gasteiger partial charge in [0.1, 0.15) is 52.2 Å². The number of hydrogen-bond acceptors (Lipinski definition) is 23. The summed E-state index contributed by atoms with van der Waals surface area (Å²) in [6, 6.07) is 70.3. The lowest BCUT2D eigenvalue weighted by molar-refractivity contribution is 0.395. The predicted molar refractivity (Wildman–Crippen MR) is 575 cm³/mol. The maximum atomic E-state index is 13.0. The topological polar surface area (TPSA) is 360 Å². The van der Waals surface area contributed by atoms with E-state index in [0.29, 0.717) is 146 Å². The van der Waals surface area contributed by atoms with Gasteiger partial charge in [-0.1, -0.05) is 186 Å². The van der Waals surface area contributed by atoms with Crippen LogP contribution in [-0.2, 0) is 32.1 Å². The molecule has 0 bridgehead atoms. The predicted octanol–water partition coefficient (Wildman–Crippen LogP) is 29.1. The maximum Gasteiger partial charge on any atom is 0.227 e. The molecule has 0 aliphatic rings. The number of hydrogen-bond donors (Lipinski definition) is 10. The molecule has 0 saturated carbocycles. The van der Waals surface area contributed by atoms with Gasteiger partial charge in [-0.25, -0.2) is 79.2 Å². The van der Waals surface area contributed by atoms with Crippen LogP contribution in [0.25, 0.3) is 56.9 Å². The Morgan fingerprint density at radius 2 is 0.500 bits per heavy atom. The Bertz CT molecular complexity index is 7520. The smallest absolute Gasteiger partial charge is 0.227 e. The van der Waals surface area contributed by atoms with Crippen LogP contribution < -0.4 is 40.8 Å². The molecule has 10 aromatic heterocycles. The molecule has 0 unspecified atom stereocenters. The van der Waals surface area contributed by atoms with Gasteiger partial charge in [0, 0.05) is 176 Å². The number of methoxy groups -OCH3 is 3. The van der Waals surface area contributed by atoms with Crippen LogP contribution in [0.4, 0.5) is 62.6 Å². The molecule has 20 aromatic rings. The lowest BCUT2D eigenvalue weighted by Crippen LogP contribution is -1.99. The number of halogens is 13. The number of ether oxygens (including phenoxy) is 3. The maximum absolute atomic E-state index is 13.0. The van der Waals surface area contributed by atoms with Crippen molar-refractivity contribution in [1.29, 1.82) is 0 Å². The molecule has 10 heterocycles. The summed E-state index contributed by atoms with van der Waals surface area (Å²) in [5.74, 6) is 7.75. The van der Waals surface area contributed by atoms with E-state index in [9.17, 15) is 4.39 Å². The van der Waals surface area contributed by atoms with E-state index in [1.807, 2.05) is 164 Å². The van der Waals surface area contributed by atoms with Crippen LogP contribution >= 0.6 is 144 Å². The normalized spacial score (nSPS) is 10.8. The van der Waals surface area contributed by atoms with Gasteiger partial charge in [0.25, 0.3) is 0 Å². The zero-order chi connectivity index (χ0) is 101. The number of imidazole rings is 5. The van der Waals surface area contributed by atoms with Crippen molar-refractivity contribution in [2.45, 2.75) is 32.1 Å². The van der Waals surface area contributed by atoms with Crippen molar-refractivity contribution in [3.05, 3.63) is 421 Å². The van der Waals surface area contributed by atoms with Gasteiger partial charge in [0.05, 0.1) is 109 Å². The van der Waals surface area contributed by atoms with Crippen molar-refractivity contribution >= 4 is 202 Å². The second kappa shape index (κ2) is 49.6. The minimum absolute atomic E-state index is 0.302. The first kappa shape index (κ1) is 103. The van der Waals surface area contributed by atoms with Gasteiger partial charge < -0.3 is 65.7 Å². The molecule has 28 nitrogen and oxygen atoms in total. The molecule has 0 atom stereocenters. The molecular formula is C103H78BrCl11FN25O3. The number of aromatic amines is 5. The Morgan fingerprint density at radius 1 is 0.257 bits per heavy atom. The average molecular weight is 2200 g/mol. The van der Waals surface area contributed by atoms with E-state index in [1.54, 1.807) is 144 Å². The van der Waals surface area contributed by atoms with Crippen molar-refractivity contribution in [2.75, 3.05) is 47.9 Å². The first-order valence-electron chi connectivity index (χ1n) is 43.4. The van der Waals surface area contributed by atoms with E-state index in [-0.39, 0.29) is 5.82 Å². The number of anilines is 10. The fourth-order valence-electron chi connectivity index (χ4n) is 14.0. The molecule has 41 heteroatoms. The van der Waals surface area contributed by atoms with Crippen LogP contribution in [0.15, 0.2) is 303 Å². The fourth-order valence-corrected chi connectivity index (χ4v) is 17.1. The summed E-state index contributed by atoms with van der Waals surface area (Å²) in [6.07, 6.45) is 19.5. The highest BCUT2D eigenvalue weighted by atomic mass is 79.9. The third kappa shape index (κ3) is 28.4. The summed E-state index contributed by atoms with van der Waals surface area (Å²) < 4.78 is 29.9. The van der Waals surface area contributed by atoms with Crippen LogP contribution in [-0.4, -0.2) is 121 Å². The Morgan fingerprint density at radius 3 is 0.778 bits per heavy atom. The molecule has 0 amide bonds. The van der Waals surface area contributed by atoms with Crippen molar-refractivity contribution in [3.63, 3.8) is 0 Å². The third-order valence-corrected chi connectivity index (χ3v) is 25.3. The fraction of sp³-hybridized carbons (Fsp3) is 0.0777. The molecule has 0 radical (unpaired) electrons. The molecule has 0 saturated heterocycles. The van der Waals surface area contributed by atoms with Crippen molar-refractivity contribution in [2.24, 2.45) is 0 Å². The summed E-state index contributed by atoms with van der Waals surface area (Å²) in [6.45, 7) is 0. The molecule has 144 heavy (non-hydrogen) atoms. The molecule has 0 aliphatic carbocycles. The van der Waals surface area contributed by atoms with E-state index >= 15 is 0 Å². The molecule has 724 valence electrons. The van der Waals surface area contributed by atoms with Gasteiger partial charge in [-0.05, 0) is 198 Å². The van der Waals surface area contributed by atoms with Gasteiger partial charge >= 0.3 is 0 Å². The second-order valence-electron chi connectivity index (χ2n) is 30.9.